The first kappa shape index (κ1) is 8.31. The van der Waals surface area contributed by atoms with Crippen molar-refractivity contribution in [1.82, 2.24) is 0 Å². The lowest BCUT2D eigenvalue weighted by molar-refractivity contribution is 0.330. The molecule has 4 heteroatoms. The minimum atomic E-state index is -0.401. The second-order valence-corrected chi connectivity index (χ2v) is 2.94. The Hall–Kier alpha value is -1.29. The molecule has 1 aliphatic rings. The lowest BCUT2D eigenvalue weighted by Gasteiger charge is -2.05. The van der Waals surface area contributed by atoms with E-state index in [1.807, 2.05) is 0 Å². The first-order valence-corrected chi connectivity index (χ1v) is 3.98. The Morgan fingerprint density at radius 2 is 2.38 bits per heavy atom. The zero-order valence-electron chi connectivity index (χ0n) is 7.21. The molecule has 1 unspecified atom stereocenters. The molecule has 0 radical (unpaired) electrons. The van der Waals surface area contributed by atoms with Gasteiger partial charge in [0, 0.05) is 11.6 Å². The molecule has 0 saturated heterocycles. The molecule has 3 nitrogen and oxygen atoms in total. The molecule has 0 aliphatic carbocycles. The van der Waals surface area contributed by atoms with E-state index >= 15 is 0 Å². The van der Waals surface area contributed by atoms with Gasteiger partial charge in [-0.25, -0.2) is 4.39 Å². The van der Waals surface area contributed by atoms with Crippen LogP contribution in [-0.2, 0) is 0 Å². The van der Waals surface area contributed by atoms with Crippen LogP contribution in [0, 0.1) is 5.82 Å². The average Bonchev–Trinajstić information content (AvgIpc) is 2.47. The van der Waals surface area contributed by atoms with Crippen LogP contribution in [0.5, 0.6) is 11.5 Å². The second-order valence-electron chi connectivity index (χ2n) is 2.94. The van der Waals surface area contributed by atoms with Gasteiger partial charge in [0.05, 0.1) is 13.2 Å². The van der Waals surface area contributed by atoms with Crippen LogP contribution in [0.1, 0.15) is 11.6 Å². The van der Waals surface area contributed by atoms with E-state index in [0.29, 0.717) is 17.9 Å². The summed E-state index contributed by atoms with van der Waals surface area (Å²) in [4.78, 5) is 0. The van der Waals surface area contributed by atoms with Crippen LogP contribution in [0.4, 0.5) is 4.39 Å². The molecule has 1 aromatic carbocycles. The van der Waals surface area contributed by atoms with Gasteiger partial charge in [-0.15, -0.1) is 0 Å². The molecule has 1 aliphatic heterocycles. The molecule has 0 bridgehead atoms. The number of rotatable bonds is 1. The van der Waals surface area contributed by atoms with Gasteiger partial charge < -0.3 is 15.2 Å². The van der Waals surface area contributed by atoms with Crippen molar-refractivity contribution in [3.8, 4) is 11.5 Å². The average molecular weight is 183 g/mol. The van der Waals surface area contributed by atoms with E-state index in [2.05, 4.69) is 0 Å². The molecule has 1 heterocycles. The first-order chi connectivity index (χ1) is 6.22. The third-order valence-electron chi connectivity index (χ3n) is 2.10. The quantitative estimate of drug-likeness (QED) is 0.712. The molecule has 1 atom stereocenters. The van der Waals surface area contributed by atoms with Crippen molar-refractivity contribution in [2.75, 3.05) is 13.7 Å². The fraction of sp³-hybridized carbons (Fsp3) is 0.333. The van der Waals surface area contributed by atoms with Gasteiger partial charge in [0.25, 0.3) is 0 Å². The molecular formula is C9H10FNO2. The molecule has 2 rings (SSSR count). The van der Waals surface area contributed by atoms with E-state index in [1.165, 1.54) is 19.2 Å². The largest absolute Gasteiger partial charge is 0.494 e. The third kappa shape index (κ3) is 1.23. The summed E-state index contributed by atoms with van der Waals surface area (Å²) < 4.78 is 23.2. The monoisotopic (exact) mass is 183 g/mol. The second kappa shape index (κ2) is 2.88. The summed E-state index contributed by atoms with van der Waals surface area (Å²) in [5.74, 6) is 0.404. The number of halogens is 1. The minimum absolute atomic E-state index is 0.188. The van der Waals surface area contributed by atoms with Crippen LogP contribution in [0.25, 0.3) is 0 Å². The maximum Gasteiger partial charge on any atom is 0.165 e. The summed E-state index contributed by atoms with van der Waals surface area (Å²) in [5.41, 5.74) is 6.38. The first-order valence-electron chi connectivity index (χ1n) is 3.98. The highest BCUT2D eigenvalue weighted by Gasteiger charge is 2.23. The van der Waals surface area contributed by atoms with Crippen LogP contribution in [0.3, 0.4) is 0 Å². The van der Waals surface area contributed by atoms with Crippen molar-refractivity contribution in [2.45, 2.75) is 6.04 Å². The van der Waals surface area contributed by atoms with Gasteiger partial charge in [-0.3, -0.25) is 0 Å². The molecule has 0 saturated carbocycles. The van der Waals surface area contributed by atoms with Crippen molar-refractivity contribution >= 4 is 0 Å². The molecule has 0 fully saturated rings. The van der Waals surface area contributed by atoms with E-state index in [-0.39, 0.29) is 11.8 Å². The van der Waals surface area contributed by atoms with Crippen molar-refractivity contribution in [2.24, 2.45) is 5.73 Å². The van der Waals surface area contributed by atoms with Crippen molar-refractivity contribution in [1.29, 1.82) is 0 Å². The van der Waals surface area contributed by atoms with Gasteiger partial charge in [-0.1, -0.05) is 0 Å². The number of nitrogens with two attached hydrogens (primary N) is 1. The minimum Gasteiger partial charge on any atom is -0.494 e. The highest BCUT2D eigenvalue weighted by molar-refractivity contribution is 5.45. The Labute approximate surface area is 75.3 Å². The van der Waals surface area contributed by atoms with E-state index in [0.717, 1.165) is 0 Å². The highest BCUT2D eigenvalue weighted by Crippen LogP contribution is 2.35. The Bertz CT molecular complexity index is 341. The van der Waals surface area contributed by atoms with Gasteiger partial charge in [-0.05, 0) is 6.07 Å². The topological polar surface area (TPSA) is 44.5 Å². The van der Waals surface area contributed by atoms with E-state index in [1.54, 1.807) is 0 Å². The number of hydrogen-bond acceptors (Lipinski definition) is 3. The predicted octanol–water partition coefficient (Wildman–Crippen LogP) is 1.23. The molecule has 0 aromatic heterocycles. The van der Waals surface area contributed by atoms with Gasteiger partial charge in [-0.2, -0.15) is 0 Å². The summed E-state index contributed by atoms with van der Waals surface area (Å²) in [6.45, 7) is 0.405. The van der Waals surface area contributed by atoms with Gasteiger partial charge in [0.15, 0.2) is 11.6 Å². The van der Waals surface area contributed by atoms with Crippen LogP contribution in [0.2, 0.25) is 0 Å². The normalized spacial score (nSPS) is 19.5. The number of methoxy groups -OCH3 is 1. The van der Waals surface area contributed by atoms with Crippen LogP contribution >= 0.6 is 0 Å². The lowest BCUT2D eigenvalue weighted by Crippen LogP contribution is -2.10. The fourth-order valence-corrected chi connectivity index (χ4v) is 1.39. The summed E-state index contributed by atoms with van der Waals surface area (Å²) in [6.07, 6.45) is 0. The zero-order chi connectivity index (χ0) is 9.42. The molecule has 70 valence electrons. The maximum atomic E-state index is 13.2. The number of fused-ring (bicyclic) bond motifs is 1. The molecule has 2 N–H and O–H groups in total. The molecular weight excluding hydrogens is 173 g/mol. The summed E-state index contributed by atoms with van der Waals surface area (Å²) >= 11 is 0. The number of benzene rings is 1. The standard InChI is InChI=1S/C9H10FNO2/c1-12-9-3-8-5(2-6(9)10)7(11)4-13-8/h2-3,7H,4,11H2,1H3. The fourth-order valence-electron chi connectivity index (χ4n) is 1.39. The molecule has 0 amide bonds. The Morgan fingerprint density at radius 3 is 3.08 bits per heavy atom. The van der Waals surface area contributed by atoms with Crippen molar-refractivity contribution in [3.63, 3.8) is 0 Å². The lowest BCUT2D eigenvalue weighted by atomic mass is 10.1. The zero-order valence-corrected chi connectivity index (χ0v) is 7.21. The Balaban J connectivity index is 2.50. The summed E-state index contributed by atoms with van der Waals surface area (Å²) in [7, 11) is 1.42. The Morgan fingerprint density at radius 1 is 1.62 bits per heavy atom. The van der Waals surface area contributed by atoms with E-state index in [4.69, 9.17) is 15.2 Å². The highest BCUT2D eigenvalue weighted by atomic mass is 19.1. The number of ether oxygens (including phenoxy) is 2. The molecule has 1 aromatic rings. The summed E-state index contributed by atoms with van der Waals surface area (Å²) in [5, 5.41) is 0. The Kier molecular flexibility index (Phi) is 1.84. The van der Waals surface area contributed by atoms with Gasteiger partial charge in [0.1, 0.15) is 12.4 Å². The third-order valence-corrected chi connectivity index (χ3v) is 2.10. The van der Waals surface area contributed by atoms with E-state index < -0.39 is 5.82 Å². The molecule has 0 spiro atoms. The smallest absolute Gasteiger partial charge is 0.165 e. The van der Waals surface area contributed by atoms with Crippen LogP contribution < -0.4 is 15.2 Å². The van der Waals surface area contributed by atoms with Crippen LogP contribution in [0.15, 0.2) is 12.1 Å². The number of hydrogen-bond donors (Lipinski definition) is 1. The van der Waals surface area contributed by atoms with Gasteiger partial charge in [0.2, 0.25) is 0 Å². The van der Waals surface area contributed by atoms with Gasteiger partial charge >= 0.3 is 0 Å². The maximum absolute atomic E-state index is 13.2. The SMILES string of the molecule is COc1cc2c(cc1F)C(N)CO2. The summed E-state index contributed by atoms with van der Waals surface area (Å²) in [6, 6.07) is 2.67. The van der Waals surface area contributed by atoms with Crippen molar-refractivity contribution < 1.29 is 13.9 Å². The van der Waals surface area contributed by atoms with Crippen LogP contribution in [-0.4, -0.2) is 13.7 Å². The predicted molar refractivity (Wildman–Crippen MR) is 45.4 cm³/mol. The van der Waals surface area contributed by atoms with E-state index in [9.17, 15) is 4.39 Å². The molecule has 13 heavy (non-hydrogen) atoms. The van der Waals surface area contributed by atoms with Crippen molar-refractivity contribution in [3.05, 3.63) is 23.5 Å².